The molecular formula is C20H21N3O2. The predicted molar refractivity (Wildman–Crippen MR) is 94.0 cm³/mol. The lowest BCUT2D eigenvalue weighted by molar-refractivity contribution is -0.130. The summed E-state index contributed by atoms with van der Waals surface area (Å²) in [5.74, 6) is 0.337. The van der Waals surface area contributed by atoms with E-state index in [4.69, 9.17) is 0 Å². The van der Waals surface area contributed by atoms with E-state index in [-0.39, 0.29) is 17.7 Å². The quantitative estimate of drug-likeness (QED) is 0.915. The minimum absolute atomic E-state index is 0.0203. The summed E-state index contributed by atoms with van der Waals surface area (Å²) in [5.41, 5.74) is 1.47. The topological polar surface area (TPSA) is 62.3 Å². The van der Waals surface area contributed by atoms with Crippen molar-refractivity contribution in [1.82, 2.24) is 15.2 Å². The molecule has 2 aliphatic rings. The Labute approximate surface area is 147 Å². The average Bonchev–Trinajstić information content (AvgIpc) is 2.99. The van der Waals surface area contributed by atoms with Crippen molar-refractivity contribution >= 4 is 11.8 Å². The summed E-state index contributed by atoms with van der Waals surface area (Å²) in [5, 5.41) is 3.05. The molecular weight excluding hydrogens is 314 g/mol. The van der Waals surface area contributed by atoms with Gasteiger partial charge in [0.1, 0.15) is 0 Å². The number of likely N-dealkylation sites (tertiary alicyclic amines) is 1. The molecule has 1 aromatic carbocycles. The van der Waals surface area contributed by atoms with Gasteiger partial charge in [-0.2, -0.15) is 0 Å². The molecule has 2 saturated heterocycles. The third kappa shape index (κ3) is 2.69. The number of benzene rings is 1. The standard InChI is InChI=1S/C20H21N3O2/c24-18(16-6-10-21-11-7-16)23-12-8-20(9-13-23)17(14-22-19(20)25)15-4-2-1-3-5-15/h1-7,10-11,17H,8-9,12-14H2,(H,22,25). The molecule has 25 heavy (non-hydrogen) atoms. The Balaban J connectivity index is 1.53. The highest BCUT2D eigenvalue weighted by atomic mass is 16.2. The second kappa shape index (κ2) is 6.31. The summed E-state index contributed by atoms with van der Waals surface area (Å²) < 4.78 is 0. The van der Waals surface area contributed by atoms with Crippen LogP contribution in [-0.2, 0) is 4.79 Å². The second-order valence-corrected chi connectivity index (χ2v) is 6.86. The summed E-state index contributed by atoms with van der Waals surface area (Å²) in [6.07, 6.45) is 4.67. The molecule has 1 spiro atoms. The number of carbonyl (C=O) groups excluding carboxylic acids is 2. The van der Waals surface area contributed by atoms with E-state index in [0.29, 0.717) is 38.0 Å². The third-order valence-electron chi connectivity index (χ3n) is 5.66. The van der Waals surface area contributed by atoms with E-state index in [0.717, 1.165) is 0 Å². The van der Waals surface area contributed by atoms with E-state index in [1.807, 2.05) is 23.1 Å². The highest BCUT2D eigenvalue weighted by Crippen LogP contribution is 2.47. The van der Waals surface area contributed by atoms with Gasteiger partial charge in [0, 0.05) is 43.5 Å². The first-order valence-corrected chi connectivity index (χ1v) is 8.73. The van der Waals surface area contributed by atoms with Gasteiger partial charge < -0.3 is 10.2 Å². The van der Waals surface area contributed by atoms with E-state index in [1.165, 1.54) is 5.56 Å². The van der Waals surface area contributed by atoms with Crippen LogP contribution in [0, 0.1) is 5.41 Å². The zero-order chi connectivity index (χ0) is 17.3. The summed E-state index contributed by atoms with van der Waals surface area (Å²) in [6, 6.07) is 13.7. The number of piperidine rings is 1. The smallest absolute Gasteiger partial charge is 0.253 e. The van der Waals surface area contributed by atoms with Gasteiger partial charge in [0.2, 0.25) is 5.91 Å². The SMILES string of the molecule is O=C(c1ccncc1)N1CCC2(CC1)C(=O)NCC2c1ccccc1. The van der Waals surface area contributed by atoms with Crippen molar-refractivity contribution in [3.63, 3.8) is 0 Å². The second-order valence-electron chi connectivity index (χ2n) is 6.86. The summed E-state index contributed by atoms with van der Waals surface area (Å²) in [4.78, 5) is 31.1. The zero-order valence-electron chi connectivity index (χ0n) is 14.0. The van der Waals surface area contributed by atoms with Crippen LogP contribution in [0.15, 0.2) is 54.9 Å². The van der Waals surface area contributed by atoms with E-state index in [2.05, 4.69) is 22.4 Å². The number of carbonyl (C=O) groups is 2. The highest BCUT2D eigenvalue weighted by Gasteiger charge is 2.52. The van der Waals surface area contributed by atoms with Gasteiger partial charge in [-0.05, 0) is 30.5 Å². The summed E-state index contributed by atoms with van der Waals surface area (Å²) >= 11 is 0. The van der Waals surface area contributed by atoms with Crippen LogP contribution >= 0.6 is 0 Å². The molecule has 0 aliphatic carbocycles. The average molecular weight is 335 g/mol. The Bertz CT molecular complexity index is 768. The molecule has 5 heteroatoms. The van der Waals surface area contributed by atoms with Crippen molar-refractivity contribution in [3.8, 4) is 0 Å². The van der Waals surface area contributed by atoms with Crippen molar-refractivity contribution in [2.45, 2.75) is 18.8 Å². The Kier molecular flexibility index (Phi) is 3.99. The predicted octanol–water partition coefficient (Wildman–Crippen LogP) is 2.22. The van der Waals surface area contributed by atoms with Crippen molar-refractivity contribution < 1.29 is 9.59 Å². The first kappa shape index (κ1) is 15.8. The number of nitrogens with one attached hydrogen (secondary N) is 1. The van der Waals surface area contributed by atoms with Gasteiger partial charge in [-0.3, -0.25) is 14.6 Å². The first-order valence-electron chi connectivity index (χ1n) is 8.73. The molecule has 0 bridgehead atoms. The van der Waals surface area contributed by atoms with Crippen LogP contribution in [0.2, 0.25) is 0 Å². The molecule has 0 saturated carbocycles. The van der Waals surface area contributed by atoms with Crippen molar-refractivity contribution in [3.05, 3.63) is 66.0 Å². The number of pyridine rings is 1. The zero-order valence-corrected chi connectivity index (χ0v) is 14.0. The van der Waals surface area contributed by atoms with Crippen molar-refractivity contribution in [2.24, 2.45) is 5.41 Å². The molecule has 0 radical (unpaired) electrons. The fourth-order valence-corrected chi connectivity index (χ4v) is 4.21. The lowest BCUT2D eigenvalue weighted by Gasteiger charge is -2.41. The van der Waals surface area contributed by atoms with Crippen LogP contribution in [0.3, 0.4) is 0 Å². The van der Waals surface area contributed by atoms with Crippen molar-refractivity contribution in [1.29, 1.82) is 0 Å². The van der Waals surface area contributed by atoms with Gasteiger partial charge in [0.15, 0.2) is 0 Å². The fraction of sp³-hybridized carbons (Fsp3) is 0.350. The number of rotatable bonds is 2. The Morgan fingerprint density at radius 1 is 1.08 bits per heavy atom. The van der Waals surface area contributed by atoms with E-state index >= 15 is 0 Å². The Morgan fingerprint density at radius 2 is 1.76 bits per heavy atom. The van der Waals surface area contributed by atoms with E-state index < -0.39 is 5.41 Å². The number of hydrogen-bond donors (Lipinski definition) is 1. The largest absolute Gasteiger partial charge is 0.355 e. The molecule has 2 amide bonds. The van der Waals surface area contributed by atoms with Gasteiger partial charge in [-0.15, -0.1) is 0 Å². The molecule has 5 nitrogen and oxygen atoms in total. The maximum Gasteiger partial charge on any atom is 0.253 e. The lowest BCUT2D eigenvalue weighted by Crippen LogP contribution is -2.47. The Hall–Kier alpha value is -2.69. The molecule has 1 N–H and O–H groups in total. The molecule has 2 aromatic rings. The van der Waals surface area contributed by atoms with Crippen LogP contribution in [0.4, 0.5) is 0 Å². The Morgan fingerprint density at radius 3 is 2.44 bits per heavy atom. The van der Waals surface area contributed by atoms with Gasteiger partial charge in [-0.25, -0.2) is 0 Å². The normalized spacial score (nSPS) is 22.0. The summed E-state index contributed by atoms with van der Waals surface area (Å²) in [7, 11) is 0. The van der Waals surface area contributed by atoms with Crippen LogP contribution in [0.25, 0.3) is 0 Å². The number of nitrogens with zero attached hydrogens (tertiary/aromatic N) is 2. The molecule has 3 heterocycles. The van der Waals surface area contributed by atoms with Crippen LogP contribution in [0.1, 0.15) is 34.7 Å². The van der Waals surface area contributed by atoms with E-state index in [9.17, 15) is 9.59 Å². The highest BCUT2D eigenvalue weighted by molar-refractivity contribution is 5.94. The van der Waals surface area contributed by atoms with Gasteiger partial charge in [0.05, 0.1) is 5.41 Å². The molecule has 2 fully saturated rings. The molecule has 1 unspecified atom stereocenters. The van der Waals surface area contributed by atoms with Gasteiger partial charge in [0.25, 0.3) is 5.91 Å². The van der Waals surface area contributed by atoms with Crippen molar-refractivity contribution in [2.75, 3.05) is 19.6 Å². The van der Waals surface area contributed by atoms with E-state index in [1.54, 1.807) is 24.5 Å². The summed E-state index contributed by atoms with van der Waals surface area (Å²) in [6.45, 7) is 1.90. The number of aromatic nitrogens is 1. The molecule has 1 aromatic heterocycles. The fourth-order valence-electron chi connectivity index (χ4n) is 4.21. The lowest BCUT2D eigenvalue weighted by atomic mass is 9.68. The van der Waals surface area contributed by atoms with Crippen LogP contribution < -0.4 is 5.32 Å². The molecule has 4 rings (SSSR count). The number of hydrogen-bond acceptors (Lipinski definition) is 3. The molecule has 128 valence electrons. The van der Waals surface area contributed by atoms with Gasteiger partial charge >= 0.3 is 0 Å². The van der Waals surface area contributed by atoms with Crippen LogP contribution in [-0.4, -0.2) is 41.3 Å². The third-order valence-corrected chi connectivity index (χ3v) is 5.66. The first-order chi connectivity index (χ1) is 12.2. The van der Waals surface area contributed by atoms with Crippen LogP contribution in [0.5, 0.6) is 0 Å². The molecule has 1 atom stereocenters. The number of amides is 2. The maximum atomic E-state index is 12.7. The minimum atomic E-state index is -0.392. The maximum absolute atomic E-state index is 12.7. The molecule has 2 aliphatic heterocycles. The monoisotopic (exact) mass is 335 g/mol. The van der Waals surface area contributed by atoms with Gasteiger partial charge in [-0.1, -0.05) is 30.3 Å². The minimum Gasteiger partial charge on any atom is -0.355 e.